The van der Waals surface area contributed by atoms with Crippen molar-refractivity contribution in [3.05, 3.63) is 47.8 Å². The number of rotatable bonds is 2. The topological polar surface area (TPSA) is 78.9 Å². The van der Waals surface area contributed by atoms with Crippen LogP contribution in [0, 0.1) is 0 Å². The molecule has 0 aliphatic rings. The summed E-state index contributed by atoms with van der Waals surface area (Å²) in [5, 5.41) is 11.2. The number of nitrogens with one attached hydrogen (secondary N) is 1. The lowest BCUT2D eigenvalue weighted by atomic mass is 10.0. The summed E-state index contributed by atoms with van der Waals surface area (Å²) >= 11 is 0. The Kier molecular flexibility index (Phi) is 2.63. The van der Waals surface area contributed by atoms with E-state index in [1.54, 1.807) is 0 Å². The molecular formula is C17H13N3O2. The van der Waals surface area contributed by atoms with E-state index in [0.717, 1.165) is 44.8 Å². The lowest BCUT2D eigenvalue weighted by molar-refractivity contribution is 0.0690. The number of benzene rings is 2. The zero-order valence-electron chi connectivity index (χ0n) is 11.9. The predicted octanol–water partition coefficient (Wildman–Crippen LogP) is 3.52. The van der Waals surface area contributed by atoms with E-state index in [-0.39, 0.29) is 5.69 Å². The minimum Gasteiger partial charge on any atom is -0.477 e. The van der Waals surface area contributed by atoms with Gasteiger partial charge in [-0.2, -0.15) is 0 Å². The normalized spacial score (nSPS) is 11.5. The highest BCUT2D eigenvalue weighted by Crippen LogP contribution is 2.33. The van der Waals surface area contributed by atoms with Gasteiger partial charge in [0.1, 0.15) is 5.69 Å². The molecule has 5 heteroatoms. The smallest absolute Gasteiger partial charge is 0.353 e. The van der Waals surface area contributed by atoms with E-state index in [1.807, 2.05) is 30.3 Å². The number of aryl methyl sites for hydroxylation is 1. The maximum atomic E-state index is 11.1. The Morgan fingerprint density at radius 2 is 2.09 bits per heavy atom. The lowest BCUT2D eigenvalue weighted by Crippen LogP contribution is -2.02. The van der Waals surface area contributed by atoms with Crippen molar-refractivity contribution in [2.24, 2.45) is 0 Å². The molecule has 2 aromatic carbocycles. The Morgan fingerprint density at radius 1 is 1.27 bits per heavy atom. The van der Waals surface area contributed by atoms with Crippen molar-refractivity contribution in [1.29, 1.82) is 0 Å². The summed E-state index contributed by atoms with van der Waals surface area (Å²) in [7, 11) is 0. The average Bonchev–Trinajstić information content (AvgIpc) is 2.93. The Hall–Kier alpha value is -2.95. The van der Waals surface area contributed by atoms with E-state index in [1.165, 1.54) is 6.20 Å². The molecule has 0 fully saturated rings. The molecule has 2 aromatic heterocycles. The second-order valence-corrected chi connectivity index (χ2v) is 5.24. The minimum atomic E-state index is -1.02. The van der Waals surface area contributed by atoms with Crippen LogP contribution in [0.3, 0.4) is 0 Å². The van der Waals surface area contributed by atoms with Gasteiger partial charge in [0, 0.05) is 10.8 Å². The molecule has 22 heavy (non-hydrogen) atoms. The molecule has 0 unspecified atom stereocenters. The molecule has 2 N–H and O–H groups in total. The first-order chi connectivity index (χ1) is 10.7. The second kappa shape index (κ2) is 4.53. The van der Waals surface area contributed by atoms with Gasteiger partial charge in [-0.25, -0.2) is 9.78 Å². The third-order valence-corrected chi connectivity index (χ3v) is 3.96. The van der Waals surface area contributed by atoms with Gasteiger partial charge in [-0.3, -0.25) is 4.98 Å². The highest BCUT2D eigenvalue weighted by Gasteiger charge is 2.15. The molecular weight excluding hydrogens is 278 g/mol. The molecule has 0 saturated heterocycles. The predicted molar refractivity (Wildman–Crippen MR) is 85.2 cm³/mol. The number of H-pyrrole nitrogens is 1. The molecule has 0 atom stereocenters. The third kappa shape index (κ3) is 1.69. The van der Waals surface area contributed by atoms with Crippen LogP contribution in [0.1, 0.15) is 23.0 Å². The number of aromatic amines is 1. The highest BCUT2D eigenvalue weighted by atomic mass is 16.4. The van der Waals surface area contributed by atoms with Crippen molar-refractivity contribution >= 4 is 38.8 Å². The van der Waals surface area contributed by atoms with E-state index in [4.69, 9.17) is 10.1 Å². The van der Waals surface area contributed by atoms with E-state index in [0.29, 0.717) is 0 Å². The fraction of sp³-hybridized carbons (Fsp3) is 0.118. The average molecular weight is 291 g/mol. The molecule has 0 saturated carbocycles. The maximum Gasteiger partial charge on any atom is 0.353 e. The standard InChI is InChI=1S/C17H13N3O2/c1-2-9-7-12-16(18-8-13(19-12)17(21)22)14-10-5-3-4-6-11(10)20-15(9)14/h3-8,19H,2H2,1H3,(H,21,22). The Labute approximate surface area is 125 Å². The van der Waals surface area contributed by atoms with Crippen LogP contribution in [0.5, 0.6) is 0 Å². The van der Waals surface area contributed by atoms with E-state index in [2.05, 4.69) is 16.9 Å². The van der Waals surface area contributed by atoms with Crippen LogP contribution in [-0.4, -0.2) is 26.0 Å². The molecule has 0 aliphatic heterocycles. The summed E-state index contributed by atoms with van der Waals surface area (Å²) in [4.78, 5) is 23.2. The molecule has 0 amide bonds. The van der Waals surface area contributed by atoms with Crippen molar-refractivity contribution in [1.82, 2.24) is 15.0 Å². The number of carbonyl (C=O) groups is 1. The van der Waals surface area contributed by atoms with Crippen molar-refractivity contribution in [3.8, 4) is 0 Å². The van der Waals surface area contributed by atoms with Crippen LogP contribution in [0.25, 0.3) is 32.8 Å². The number of para-hydroxylation sites is 1. The summed E-state index contributed by atoms with van der Waals surface area (Å²) in [5.41, 5.74) is 4.52. The quantitative estimate of drug-likeness (QED) is 0.592. The summed E-state index contributed by atoms with van der Waals surface area (Å²) in [6, 6.07) is 9.89. The molecule has 0 aliphatic carbocycles. The molecule has 4 aromatic rings. The summed E-state index contributed by atoms with van der Waals surface area (Å²) in [6.07, 6.45) is 2.18. The van der Waals surface area contributed by atoms with Gasteiger partial charge in [-0.05, 0) is 24.1 Å². The van der Waals surface area contributed by atoms with Gasteiger partial charge in [0.2, 0.25) is 0 Å². The van der Waals surface area contributed by atoms with E-state index in [9.17, 15) is 4.79 Å². The first-order valence-electron chi connectivity index (χ1n) is 7.11. The summed E-state index contributed by atoms with van der Waals surface area (Å²) in [5.74, 6) is -1.02. The Balaban J connectivity index is 2.23. The van der Waals surface area contributed by atoms with Crippen LogP contribution in [0.15, 0.2) is 36.5 Å². The van der Waals surface area contributed by atoms with Gasteiger partial charge in [0.05, 0.1) is 28.3 Å². The number of carboxylic acid groups (broad SMARTS) is 1. The fourth-order valence-corrected chi connectivity index (χ4v) is 2.92. The van der Waals surface area contributed by atoms with Crippen LogP contribution in [0.4, 0.5) is 0 Å². The van der Waals surface area contributed by atoms with Crippen molar-refractivity contribution in [2.45, 2.75) is 13.3 Å². The van der Waals surface area contributed by atoms with Crippen LogP contribution in [0.2, 0.25) is 0 Å². The van der Waals surface area contributed by atoms with Crippen LogP contribution >= 0.6 is 0 Å². The summed E-state index contributed by atoms with van der Waals surface area (Å²) < 4.78 is 0. The fourth-order valence-electron chi connectivity index (χ4n) is 2.92. The zero-order chi connectivity index (χ0) is 15.3. The number of aromatic carboxylic acids is 1. The summed E-state index contributed by atoms with van der Waals surface area (Å²) in [6.45, 7) is 2.06. The van der Waals surface area contributed by atoms with Gasteiger partial charge in [0.25, 0.3) is 0 Å². The van der Waals surface area contributed by atoms with Crippen molar-refractivity contribution < 1.29 is 9.90 Å². The number of aromatic nitrogens is 3. The van der Waals surface area contributed by atoms with Gasteiger partial charge in [-0.1, -0.05) is 25.1 Å². The number of fused-ring (bicyclic) bond motifs is 5. The largest absolute Gasteiger partial charge is 0.477 e. The number of carboxylic acids is 1. The van der Waals surface area contributed by atoms with Crippen molar-refractivity contribution in [3.63, 3.8) is 0 Å². The number of hydrogen-bond acceptors (Lipinski definition) is 3. The third-order valence-electron chi connectivity index (χ3n) is 3.96. The molecule has 5 nitrogen and oxygen atoms in total. The first kappa shape index (κ1) is 12.8. The Morgan fingerprint density at radius 3 is 2.86 bits per heavy atom. The van der Waals surface area contributed by atoms with Crippen molar-refractivity contribution in [2.75, 3.05) is 0 Å². The monoisotopic (exact) mass is 291 g/mol. The molecule has 0 radical (unpaired) electrons. The molecule has 0 spiro atoms. The molecule has 4 rings (SSSR count). The van der Waals surface area contributed by atoms with Gasteiger partial charge >= 0.3 is 5.97 Å². The van der Waals surface area contributed by atoms with Gasteiger partial charge < -0.3 is 10.1 Å². The molecule has 108 valence electrons. The van der Waals surface area contributed by atoms with E-state index < -0.39 is 5.97 Å². The van der Waals surface area contributed by atoms with Gasteiger partial charge in [0.15, 0.2) is 0 Å². The second-order valence-electron chi connectivity index (χ2n) is 5.24. The maximum absolute atomic E-state index is 11.1. The first-order valence-corrected chi connectivity index (χ1v) is 7.11. The SMILES string of the molecule is CCc1cc2[nH]c(C(=O)O)cnc2c2c1nc1ccccc12. The van der Waals surface area contributed by atoms with Gasteiger partial charge in [-0.15, -0.1) is 0 Å². The molecule has 0 bridgehead atoms. The Bertz CT molecular complexity index is 1050. The zero-order valence-corrected chi connectivity index (χ0v) is 11.9. The minimum absolute atomic E-state index is 0.0812. The highest BCUT2D eigenvalue weighted by molar-refractivity contribution is 6.19. The van der Waals surface area contributed by atoms with E-state index >= 15 is 0 Å². The molecule has 2 heterocycles. The lowest BCUT2D eigenvalue weighted by Gasteiger charge is -2.06. The number of hydrogen-bond donors (Lipinski definition) is 2. The number of nitrogens with zero attached hydrogens (tertiary/aromatic N) is 2. The van der Waals surface area contributed by atoms with Crippen LogP contribution < -0.4 is 0 Å². The van der Waals surface area contributed by atoms with Crippen LogP contribution in [-0.2, 0) is 6.42 Å².